The summed E-state index contributed by atoms with van der Waals surface area (Å²) in [5.41, 5.74) is 2.28. The highest BCUT2D eigenvalue weighted by Crippen LogP contribution is 2.48. The minimum Gasteiger partial charge on any atom is -0.735 e. The summed E-state index contributed by atoms with van der Waals surface area (Å²) in [7, 11) is -4.48. The highest BCUT2D eigenvalue weighted by atomic mass is 32.2. The SMILES string of the molecule is N.O=C1C(CC[C@H](O)c2ccc(F)cc2)[C@@H](c2ccc(CN3CCN(S(=O)(=O)[O-])CC3)cc2O)N1c1ccc(F)cc1. The molecule has 5 rings (SSSR count). The van der Waals surface area contributed by atoms with E-state index in [1.54, 1.807) is 12.1 Å². The van der Waals surface area contributed by atoms with Gasteiger partial charge in [0.2, 0.25) is 5.91 Å². The van der Waals surface area contributed by atoms with E-state index in [1.165, 1.54) is 53.4 Å². The second-order valence-corrected chi connectivity index (χ2v) is 11.8. The summed E-state index contributed by atoms with van der Waals surface area (Å²) >= 11 is 0. The zero-order chi connectivity index (χ0) is 29.3. The van der Waals surface area contributed by atoms with Crippen LogP contribution >= 0.6 is 0 Å². The molecule has 1 amide bonds. The smallest absolute Gasteiger partial charge is 0.233 e. The summed E-state index contributed by atoms with van der Waals surface area (Å²) in [6.07, 6.45) is -0.370. The molecule has 0 aliphatic carbocycles. The zero-order valence-corrected chi connectivity index (χ0v) is 23.6. The van der Waals surface area contributed by atoms with E-state index in [0.29, 0.717) is 42.9 Å². The van der Waals surface area contributed by atoms with Gasteiger partial charge in [-0.1, -0.05) is 24.3 Å². The van der Waals surface area contributed by atoms with Crippen LogP contribution in [0.2, 0.25) is 0 Å². The molecule has 13 heteroatoms. The minimum absolute atomic E-state index is 0. The number of benzene rings is 3. The van der Waals surface area contributed by atoms with Gasteiger partial charge in [-0.05, 0) is 66.4 Å². The molecular weight excluding hydrogens is 570 g/mol. The molecule has 5 N–H and O–H groups in total. The monoisotopic (exact) mass is 603 g/mol. The van der Waals surface area contributed by atoms with Gasteiger partial charge in [0.15, 0.2) is 10.3 Å². The summed E-state index contributed by atoms with van der Waals surface area (Å²) in [5.74, 6) is -1.67. The Labute approximate surface area is 243 Å². The highest BCUT2D eigenvalue weighted by Gasteiger charge is 2.49. The number of hydrogen-bond acceptors (Lipinski definition) is 8. The van der Waals surface area contributed by atoms with Crippen molar-refractivity contribution in [2.75, 3.05) is 31.1 Å². The van der Waals surface area contributed by atoms with E-state index in [4.69, 9.17) is 0 Å². The predicted molar refractivity (Wildman–Crippen MR) is 150 cm³/mol. The molecule has 10 nitrogen and oxygen atoms in total. The number of carbonyl (C=O) groups is 1. The van der Waals surface area contributed by atoms with Crippen LogP contribution in [0.1, 0.15) is 41.7 Å². The number of hydrogen-bond donors (Lipinski definition) is 3. The van der Waals surface area contributed by atoms with Crippen LogP contribution in [0.4, 0.5) is 14.5 Å². The van der Waals surface area contributed by atoms with E-state index < -0.39 is 40.0 Å². The number of anilines is 1. The first-order chi connectivity index (χ1) is 19.5. The van der Waals surface area contributed by atoms with Crippen molar-refractivity contribution < 1.29 is 36.8 Å². The molecule has 0 radical (unpaired) electrons. The maximum Gasteiger partial charge on any atom is 0.233 e. The molecule has 2 heterocycles. The molecule has 0 aromatic heterocycles. The molecule has 3 atom stereocenters. The number of phenolic OH excluding ortho intramolecular Hbond substituents is 1. The van der Waals surface area contributed by atoms with Gasteiger partial charge >= 0.3 is 0 Å². The minimum atomic E-state index is -4.48. The molecule has 2 fully saturated rings. The van der Waals surface area contributed by atoms with Crippen LogP contribution in [-0.4, -0.2) is 64.5 Å². The number of aliphatic hydroxyl groups excluding tert-OH is 1. The van der Waals surface area contributed by atoms with Crippen LogP contribution in [0.25, 0.3) is 0 Å². The fourth-order valence-electron chi connectivity index (χ4n) is 5.57. The van der Waals surface area contributed by atoms with E-state index in [0.717, 1.165) is 9.87 Å². The largest absolute Gasteiger partial charge is 0.735 e. The van der Waals surface area contributed by atoms with Crippen LogP contribution < -0.4 is 11.1 Å². The van der Waals surface area contributed by atoms with Gasteiger partial charge in [-0.3, -0.25) is 9.69 Å². The maximum absolute atomic E-state index is 13.6. The average Bonchev–Trinajstić information content (AvgIpc) is 2.93. The molecule has 0 saturated carbocycles. The van der Waals surface area contributed by atoms with E-state index in [2.05, 4.69) is 0 Å². The van der Waals surface area contributed by atoms with Crippen molar-refractivity contribution in [3.63, 3.8) is 0 Å². The van der Waals surface area contributed by atoms with E-state index in [-0.39, 0.29) is 37.3 Å². The molecule has 3 aromatic carbocycles. The Hall–Kier alpha value is -3.46. The van der Waals surface area contributed by atoms with Gasteiger partial charge in [-0.2, -0.15) is 0 Å². The topological polar surface area (TPSA) is 159 Å². The van der Waals surface area contributed by atoms with Gasteiger partial charge in [0.05, 0.1) is 18.1 Å². The van der Waals surface area contributed by atoms with Gasteiger partial charge in [0.25, 0.3) is 0 Å². The van der Waals surface area contributed by atoms with E-state index in [9.17, 15) is 36.8 Å². The molecule has 0 bridgehead atoms. The molecular formula is C29H33F2N4O6S-. The normalized spacial score (nSPS) is 20.6. The van der Waals surface area contributed by atoms with Gasteiger partial charge in [0, 0.05) is 44.0 Å². The van der Waals surface area contributed by atoms with Crippen molar-refractivity contribution >= 4 is 21.9 Å². The lowest BCUT2D eigenvalue weighted by Gasteiger charge is -2.48. The van der Waals surface area contributed by atoms with Crippen molar-refractivity contribution in [1.29, 1.82) is 0 Å². The number of rotatable bonds is 9. The van der Waals surface area contributed by atoms with Crippen LogP contribution in [0, 0.1) is 17.6 Å². The summed E-state index contributed by atoms with van der Waals surface area (Å²) in [5, 5.41) is 21.7. The number of amides is 1. The molecule has 2 aliphatic heterocycles. The number of carbonyl (C=O) groups excluding carboxylic acids is 1. The number of phenols is 1. The second kappa shape index (κ2) is 12.8. The van der Waals surface area contributed by atoms with Crippen molar-refractivity contribution in [2.45, 2.75) is 31.5 Å². The van der Waals surface area contributed by atoms with Gasteiger partial charge < -0.3 is 25.8 Å². The van der Waals surface area contributed by atoms with E-state index in [1.807, 2.05) is 11.0 Å². The maximum atomic E-state index is 13.6. The molecule has 226 valence electrons. The molecule has 2 saturated heterocycles. The molecule has 2 aliphatic rings. The molecule has 42 heavy (non-hydrogen) atoms. The highest BCUT2D eigenvalue weighted by molar-refractivity contribution is 7.83. The third-order valence-corrected chi connectivity index (χ3v) is 8.79. The third kappa shape index (κ3) is 6.77. The lowest BCUT2D eigenvalue weighted by molar-refractivity contribution is -0.131. The van der Waals surface area contributed by atoms with Crippen molar-refractivity contribution in [3.8, 4) is 5.75 Å². The number of aliphatic hydroxyl groups is 1. The second-order valence-electron chi connectivity index (χ2n) is 10.4. The standard InChI is InChI=1S/C29H31F2N3O6S.H3N/c30-21-4-2-20(3-5-21)26(35)12-11-25-28(34(29(25)37)23-8-6-22(31)7-9-23)24-10-1-19(17-27(24)36)18-32-13-15-33(16-14-32)41(38,39)40;/h1-10,17,25-26,28,35-36H,11-16,18H2,(H,38,39,40);1H3/p-1/t25?,26-,28+;/m0./s1. The molecule has 1 unspecified atom stereocenters. The third-order valence-electron chi connectivity index (χ3n) is 7.79. The summed E-state index contributed by atoms with van der Waals surface area (Å²) in [6, 6.07) is 15.6. The lowest BCUT2D eigenvalue weighted by Crippen LogP contribution is -2.55. The Balaban J connectivity index is 0.00000405. The van der Waals surface area contributed by atoms with Crippen LogP contribution in [0.3, 0.4) is 0 Å². The average molecular weight is 604 g/mol. The Morgan fingerprint density at radius 2 is 1.52 bits per heavy atom. The molecule has 3 aromatic rings. The summed E-state index contributed by atoms with van der Waals surface area (Å²) in [4.78, 5) is 16.8. The Kier molecular flexibility index (Phi) is 9.60. The Morgan fingerprint density at radius 1 is 0.929 bits per heavy atom. The van der Waals surface area contributed by atoms with Crippen LogP contribution in [0.15, 0.2) is 66.7 Å². The summed E-state index contributed by atoms with van der Waals surface area (Å²) in [6.45, 7) is 1.37. The van der Waals surface area contributed by atoms with Gasteiger partial charge in [-0.25, -0.2) is 21.5 Å². The first-order valence-corrected chi connectivity index (χ1v) is 14.6. The predicted octanol–water partition coefficient (Wildman–Crippen LogP) is 3.63. The first kappa shape index (κ1) is 31.5. The van der Waals surface area contributed by atoms with Crippen LogP contribution in [-0.2, 0) is 21.6 Å². The number of nitrogens with zero attached hydrogens (tertiary/aromatic N) is 3. The number of aromatic hydroxyl groups is 1. The Bertz CT molecular complexity index is 1500. The lowest BCUT2D eigenvalue weighted by atomic mass is 9.77. The number of piperazine rings is 1. The number of halogens is 2. The number of β-lactam (4-membered cyclic amide) rings is 1. The fourth-order valence-corrected chi connectivity index (χ4v) is 6.18. The van der Waals surface area contributed by atoms with Crippen molar-refractivity contribution in [1.82, 2.24) is 15.4 Å². The first-order valence-electron chi connectivity index (χ1n) is 13.3. The quantitative estimate of drug-likeness (QED) is 0.247. The van der Waals surface area contributed by atoms with Crippen molar-refractivity contribution in [3.05, 3.63) is 95.1 Å². The Morgan fingerprint density at radius 3 is 2.10 bits per heavy atom. The fraction of sp³-hybridized carbons (Fsp3) is 0.345. The van der Waals surface area contributed by atoms with Crippen molar-refractivity contribution in [2.24, 2.45) is 5.92 Å². The van der Waals surface area contributed by atoms with E-state index >= 15 is 0 Å². The summed E-state index contributed by atoms with van der Waals surface area (Å²) < 4.78 is 61.5. The van der Waals surface area contributed by atoms with Gasteiger partial charge in [-0.15, -0.1) is 0 Å². The zero-order valence-electron chi connectivity index (χ0n) is 22.8. The van der Waals surface area contributed by atoms with Gasteiger partial charge in [0.1, 0.15) is 17.4 Å². The van der Waals surface area contributed by atoms with Crippen LogP contribution in [0.5, 0.6) is 5.75 Å². The molecule has 0 spiro atoms.